The molecular formula is C4H7N4O. The van der Waals surface area contributed by atoms with Crippen molar-refractivity contribution in [3.8, 4) is 0 Å². The monoisotopic (exact) mass is 127 g/mol. The van der Waals surface area contributed by atoms with Gasteiger partial charge in [0, 0.05) is 6.61 Å². The molecule has 1 aromatic heterocycles. The van der Waals surface area contributed by atoms with Crippen molar-refractivity contribution in [1.82, 2.24) is 20.2 Å². The molecule has 0 atom stereocenters. The Kier molecular flexibility index (Phi) is 2.14. The number of aromatic nitrogens is 4. The molecule has 0 aliphatic carbocycles. The van der Waals surface area contributed by atoms with Crippen molar-refractivity contribution in [2.24, 2.45) is 0 Å². The molecule has 0 unspecified atom stereocenters. The Hall–Kier alpha value is -0.970. The summed E-state index contributed by atoms with van der Waals surface area (Å²) in [5.74, 6) is 0. The quantitative estimate of drug-likeness (QED) is 0.557. The Labute approximate surface area is 52.3 Å². The summed E-state index contributed by atoms with van der Waals surface area (Å²) in [6, 6.07) is 0. The fourth-order valence-corrected chi connectivity index (χ4v) is 0.470. The lowest BCUT2D eigenvalue weighted by Gasteiger charge is -1.91. The van der Waals surface area contributed by atoms with Gasteiger partial charge >= 0.3 is 0 Å². The van der Waals surface area contributed by atoms with Crippen LogP contribution in [0.3, 0.4) is 0 Å². The Balaban J connectivity index is 2.30. The maximum Gasteiger partial charge on any atom is 0.245 e. The third-order valence-corrected chi connectivity index (χ3v) is 0.869. The predicted molar refractivity (Wildman–Crippen MR) is 28.4 cm³/mol. The molecule has 1 aromatic rings. The highest BCUT2D eigenvalue weighted by molar-refractivity contribution is 4.36. The normalized spacial score (nSPS) is 9.89. The summed E-state index contributed by atoms with van der Waals surface area (Å²) in [6.07, 6.45) is 2.97. The second-order valence-corrected chi connectivity index (χ2v) is 1.56. The van der Waals surface area contributed by atoms with Crippen LogP contribution in [0.1, 0.15) is 6.42 Å². The van der Waals surface area contributed by atoms with E-state index in [4.69, 9.17) is 5.11 Å². The van der Waals surface area contributed by atoms with Crippen LogP contribution in [0.4, 0.5) is 0 Å². The minimum atomic E-state index is 0.154. The summed E-state index contributed by atoms with van der Waals surface area (Å²) >= 11 is 0. The average Bonchev–Trinajstić information content (AvgIpc) is 2.34. The van der Waals surface area contributed by atoms with Crippen molar-refractivity contribution in [2.75, 3.05) is 6.61 Å². The molecule has 0 saturated heterocycles. The van der Waals surface area contributed by atoms with Crippen molar-refractivity contribution < 1.29 is 5.11 Å². The molecule has 0 saturated carbocycles. The second kappa shape index (κ2) is 3.13. The number of nitrogens with zero attached hydrogens (tertiary/aromatic N) is 4. The third kappa shape index (κ3) is 1.77. The van der Waals surface area contributed by atoms with Crippen molar-refractivity contribution >= 4 is 0 Å². The molecule has 0 fully saturated rings. The van der Waals surface area contributed by atoms with Gasteiger partial charge in [-0.25, -0.2) is 0 Å². The topological polar surface area (TPSA) is 63.8 Å². The lowest BCUT2D eigenvalue weighted by molar-refractivity contribution is 0.272. The number of aliphatic hydroxyl groups excluding tert-OH is 1. The van der Waals surface area contributed by atoms with Crippen LogP contribution >= 0.6 is 0 Å². The molecule has 0 aliphatic rings. The van der Waals surface area contributed by atoms with Gasteiger partial charge in [-0.05, 0) is 11.6 Å². The lowest BCUT2D eigenvalue weighted by atomic mass is 10.5. The molecule has 0 bridgehead atoms. The van der Waals surface area contributed by atoms with E-state index in [9.17, 15) is 0 Å². The van der Waals surface area contributed by atoms with E-state index in [0.717, 1.165) is 0 Å². The van der Waals surface area contributed by atoms with Gasteiger partial charge in [-0.15, -0.1) is 10.2 Å². The van der Waals surface area contributed by atoms with E-state index >= 15 is 0 Å². The van der Waals surface area contributed by atoms with Crippen LogP contribution in [0.2, 0.25) is 0 Å². The van der Waals surface area contributed by atoms with Gasteiger partial charge in [0.15, 0.2) is 0 Å². The van der Waals surface area contributed by atoms with Crippen LogP contribution in [0.5, 0.6) is 0 Å². The van der Waals surface area contributed by atoms with Gasteiger partial charge in [-0.3, -0.25) is 0 Å². The molecule has 1 N–H and O–H groups in total. The van der Waals surface area contributed by atoms with E-state index < -0.39 is 0 Å². The molecule has 0 aliphatic heterocycles. The van der Waals surface area contributed by atoms with Crippen LogP contribution in [0.25, 0.3) is 0 Å². The molecule has 1 rings (SSSR count). The third-order valence-electron chi connectivity index (χ3n) is 0.869. The second-order valence-electron chi connectivity index (χ2n) is 1.56. The van der Waals surface area contributed by atoms with Crippen LogP contribution < -0.4 is 0 Å². The van der Waals surface area contributed by atoms with E-state index in [0.29, 0.717) is 13.0 Å². The van der Waals surface area contributed by atoms with Gasteiger partial charge in [0.25, 0.3) is 0 Å². The minimum absolute atomic E-state index is 0.154. The number of rotatable bonds is 3. The number of hydrogen-bond donors (Lipinski definition) is 1. The largest absolute Gasteiger partial charge is 0.396 e. The molecular weight excluding hydrogens is 120 g/mol. The Morgan fingerprint density at radius 3 is 3.00 bits per heavy atom. The highest BCUT2D eigenvalue weighted by Crippen LogP contribution is 1.79. The fraction of sp³-hybridized carbons (Fsp3) is 0.750. The maximum atomic E-state index is 8.37. The van der Waals surface area contributed by atoms with Gasteiger partial charge in [-0.1, -0.05) is 0 Å². The van der Waals surface area contributed by atoms with E-state index in [-0.39, 0.29) is 6.61 Å². The summed E-state index contributed by atoms with van der Waals surface area (Å²) in [5, 5.41) is 18.9. The molecule has 0 aromatic carbocycles. The number of aryl methyl sites for hydroxylation is 1. The van der Waals surface area contributed by atoms with Gasteiger partial charge in [0.2, 0.25) is 6.33 Å². The maximum absolute atomic E-state index is 8.37. The van der Waals surface area contributed by atoms with E-state index in [2.05, 4.69) is 21.7 Å². The first-order chi connectivity index (χ1) is 4.43. The van der Waals surface area contributed by atoms with Crippen molar-refractivity contribution in [1.29, 1.82) is 0 Å². The first kappa shape index (κ1) is 6.15. The number of hydrogen-bond acceptors (Lipinski definition) is 4. The Bertz CT molecular complexity index is 150. The van der Waals surface area contributed by atoms with Crippen molar-refractivity contribution in [2.45, 2.75) is 13.0 Å². The highest BCUT2D eigenvalue weighted by Gasteiger charge is 1.89. The average molecular weight is 127 g/mol. The van der Waals surface area contributed by atoms with Crippen LogP contribution in [-0.4, -0.2) is 31.9 Å². The molecule has 0 spiro atoms. The predicted octanol–water partition coefficient (Wildman–Crippen LogP) is -1.14. The van der Waals surface area contributed by atoms with Gasteiger partial charge in [-0.2, -0.15) is 4.80 Å². The first-order valence-electron chi connectivity index (χ1n) is 2.68. The van der Waals surface area contributed by atoms with Crippen LogP contribution in [-0.2, 0) is 6.54 Å². The number of aliphatic hydroxyl groups is 1. The molecule has 49 valence electrons. The molecule has 1 heterocycles. The fourth-order valence-electron chi connectivity index (χ4n) is 0.470. The Morgan fingerprint density at radius 2 is 2.44 bits per heavy atom. The van der Waals surface area contributed by atoms with Crippen molar-refractivity contribution in [3.05, 3.63) is 6.33 Å². The zero-order valence-corrected chi connectivity index (χ0v) is 4.86. The molecule has 5 nitrogen and oxygen atoms in total. The summed E-state index contributed by atoms with van der Waals surface area (Å²) in [7, 11) is 0. The summed E-state index contributed by atoms with van der Waals surface area (Å²) in [6.45, 7) is 0.758. The molecule has 1 radical (unpaired) electrons. The van der Waals surface area contributed by atoms with E-state index in [1.807, 2.05) is 0 Å². The van der Waals surface area contributed by atoms with E-state index in [1.165, 1.54) is 4.80 Å². The highest BCUT2D eigenvalue weighted by atomic mass is 16.3. The molecule has 5 heteroatoms. The first-order valence-corrected chi connectivity index (χ1v) is 2.68. The SMILES string of the molecule is OCCCn1n[c]nn1. The zero-order chi connectivity index (χ0) is 6.53. The van der Waals surface area contributed by atoms with Gasteiger partial charge in [0.05, 0.1) is 6.54 Å². The van der Waals surface area contributed by atoms with E-state index in [1.54, 1.807) is 0 Å². The van der Waals surface area contributed by atoms with Crippen LogP contribution in [0.15, 0.2) is 0 Å². The van der Waals surface area contributed by atoms with Gasteiger partial charge < -0.3 is 5.11 Å². The lowest BCUT2D eigenvalue weighted by Crippen LogP contribution is -2.03. The number of tetrazole rings is 1. The smallest absolute Gasteiger partial charge is 0.245 e. The summed E-state index contributed by atoms with van der Waals surface area (Å²) in [5.41, 5.74) is 0. The molecule has 0 amide bonds. The Morgan fingerprint density at radius 1 is 1.56 bits per heavy atom. The summed E-state index contributed by atoms with van der Waals surface area (Å²) < 4.78 is 0. The van der Waals surface area contributed by atoms with Crippen molar-refractivity contribution in [3.63, 3.8) is 0 Å². The zero-order valence-electron chi connectivity index (χ0n) is 4.86. The molecule has 9 heavy (non-hydrogen) atoms. The van der Waals surface area contributed by atoms with Crippen LogP contribution in [0, 0.1) is 6.33 Å². The minimum Gasteiger partial charge on any atom is -0.396 e. The summed E-state index contributed by atoms with van der Waals surface area (Å²) in [4.78, 5) is 1.39. The standard InChI is InChI=1S/C4H7N4O/c9-3-1-2-8-6-4-5-7-8/h9H,1-3H2. The van der Waals surface area contributed by atoms with Gasteiger partial charge in [0.1, 0.15) is 0 Å².